The zero-order valence-electron chi connectivity index (χ0n) is 15.5. The van der Waals surface area contributed by atoms with Gasteiger partial charge in [-0.2, -0.15) is 0 Å². The number of para-hydroxylation sites is 1. The molecule has 2 N–H and O–H groups in total. The molecule has 1 aromatic carbocycles. The number of benzene rings is 1. The zero-order valence-corrected chi connectivity index (χ0v) is 15.5. The number of aryl methyl sites for hydroxylation is 2. The molecule has 0 bridgehead atoms. The maximum atomic E-state index is 12.2. The minimum Gasteiger partial charge on any atom is -0.352 e. The van der Waals surface area contributed by atoms with Crippen LogP contribution in [0.1, 0.15) is 53.6 Å². The quantitative estimate of drug-likeness (QED) is 0.755. The molecule has 0 saturated heterocycles. The highest BCUT2D eigenvalue weighted by molar-refractivity contribution is 5.93. The number of allylic oxidation sites excluding steroid dienone is 1. The van der Waals surface area contributed by atoms with Crippen LogP contribution >= 0.6 is 0 Å². The standard InChI is InChI=1S/C21H26N4O/c1-15-7-6-8-16(2)19(15)25-21-23-13-18(14-24-21)20(26)22-12-11-17-9-4-3-5-10-17/h6-9,13-14H,3-5,10-12H2,1-2H3,(H,22,26)(H,23,24,25). The Morgan fingerprint density at radius 3 is 2.50 bits per heavy atom. The molecule has 26 heavy (non-hydrogen) atoms. The molecular formula is C21H26N4O. The van der Waals surface area contributed by atoms with Crippen molar-refractivity contribution >= 4 is 17.5 Å². The van der Waals surface area contributed by atoms with Gasteiger partial charge in [-0.3, -0.25) is 4.79 Å². The molecule has 1 amide bonds. The molecule has 0 aliphatic heterocycles. The van der Waals surface area contributed by atoms with E-state index in [2.05, 4.69) is 26.7 Å². The van der Waals surface area contributed by atoms with Crippen molar-refractivity contribution in [3.05, 3.63) is 58.9 Å². The number of rotatable bonds is 6. The highest BCUT2D eigenvalue weighted by Gasteiger charge is 2.09. The minimum absolute atomic E-state index is 0.125. The second-order valence-corrected chi connectivity index (χ2v) is 6.80. The molecule has 0 radical (unpaired) electrons. The van der Waals surface area contributed by atoms with Crippen LogP contribution < -0.4 is 10.6 Å². The number of nitrogens with one attached hydrogen (secondary N) is 2. The van der Waals surface area contributed by atoms with Crippen LogP contribution in [0.25, 0.3) is 0 Å². The highest BCUT2D eigenvalue weighted by atomic mass is 16.1. The molecule has 0 spiro atoms. The Bertz CT molecular complexity index is 776. The summed E-state index contributed by atoms with van der Waals surface area (Å²) >= 11 is 0. The first-order chi connectivity index (χ1) is 12.6. The molecule has 5 nitrogen and oxygen atoms in total. The van der Waals surface area contributed by atoms with Crippen LogP contribution in [0.15, 0.2) is 42.2 Å². The number of carbonyl (C=O) groups is 1. The van der Waals surface area contributed by atoms with Gasteiger partial charge >= 0.3 is 0 Å². The third-order valence-corrected chi connectivity index (χ3v) is 4.75. The molecule has 5 heteroatoms. The van der Waals surface area contributed by atoms with Crippen molar-refractivity contribution in [1.82, 2.24) is 15.3 Å². The van der Waals surface area contributed by atoms with Gasteiger partial charge in [-0.15, -0.1) is 0 Å². The fourth-order valence-corrected chi connectivity index (χ4v) is 3.20. The van der Waals surface area contributed by atoms with E-state index in [4.69, 9.17) is 0 Å². The van der Waals surface area contributed by atoms with E-state index >= 15 is 0 Å². The smallest absolute Gasteiger partial charge is 0.254 e. The van der Waals surface area contributed by atoms with Gasteiger partial charge in [0.05, 0.1) is 5.56 Å². The molecular weight excluding hydrogens is 324 g/mol. The fourth-order valence-electron chi connectivity index (χ4n) is 3.20. The first kappa shape index (κ1) is 18.1. The summed E-state index contributed by atoms with van der Waals surface area (Å²) in [6.45, 7) is 4.74. The van der Waals surface area contributed by atoms with Crippen LogP contribution in [0.4, 0.5) is 11.6 Å². The maximum Gasteiger partial charge on any atom is 0.254 e. The predicted octanol–water partition coefficient (Wildman–Crippen LogP) is 4.46. The van der Waals surface area contributed by atoms with E-state index in [9.17, 15) is 4.79 Å². The van der Waals surface area contributed by atoms with Crippen molar-refractivity contribution in [1.29, 1.82) is 0 Å². The van der Waals surface area contributed by atoms with Gasteiger partial charge in [-0.1, -0.05) is 29.8 Å². The number of carbonyl (C=O) groups excluding carboxylic acids is 1. The van der Waals surface area contributed by atoms with E-state index < -0.39 is 0 Å². The third kappa shape index (κ3) is 4.69. The number of hydrogen-bond acceptors (Lipinski definition) is 4. The Hall–Kier alpha value is -2.69. The summed E-state index contributed by atoms with van der Waals surface area (Å²) in [6.07, 6.45) is 11.3. The van der Waals surface area contributed by atoms with Gasteiger partial charge in [0, 0.05) is 24.6 Å². The van der Waals surface area contributed by atoms with Gasteiger partial charge < -0.3 is 10.6 Å². The second-order valence-electron chi connectivity index (χ2n) is 6.80. The molecule has 0 fully saturated rings. The molecule has 1 aliphatic rings. The SMILES string of the molecule is Cc1cccc(C)c1Nc1ncc(C(=O)NCCC2=CCCCC2)cn1. The molecule has 2 aromatic rings. The van der Waals surface area contributed by atoms with Crippen molar-refractivity contribution < 1.29 is 4.79 Å². The van der Waals surface area contributed by atoms with Crippen molar-refractivity contribution in [3.63, 3.8) is 0 Å². The first-order valence-electron chi connectivity index (χ1n) is 9.25. The molecule has 1 heterocycles. The number of amides is 1. The van der Waals surface area contributed by atoms with E-state index in [0.717, 1.165) is 29.7 Å². The number of nitrogens with zero attached hydrogens (tertiary/aromatic N) is 2. The van der Waals surface area contributed by atoms with E-state index in [0.29, 0.717) is 18.1 Å². The van der Waals surface area contributed by atoms with E-state index in [1.807, 2.05) is 32.0 Å². The van der Waals surface area contributed by atoms with Gasteiger partial charge in [0.1, 0.15) is 0 Å². The Morgan fingerprint density at radius 2 is 1.85 bits per heavy atom. The van der Waals surface area contributed by atoms with Crippen molar-refractivity contribution in [2.45, 2.75) is 46.0 Å². The van der Waals surface area contributed by atoms with Crippen LogP contribution in [-0.2, 0) is 0 Å². The Labute approximate surface area is 155 Å². The second kappa shape index (κ2) is 8.61. The maximum absolute atomic E-state index is 12.2. The number of anilines is 2. The molecule has 136 valence electrons. The summed E-state index contributed by atoms with van der Waals surface area (Å²) in [4.78, 5) is 20.8. The van der Waals surface area contributed by atoms with Gasteiger partial charge in [0.25, 0.3) is 5.91 Å². The molecule has 0 atom stereocenters. The molecule has 1 aromatic heterocycles. The summed E-state index contributed by atoms with van der Waals surface area (Å²) in [5.74, 6) is 0.367. The van der Waals surface area contributed by atoms with Gasteiger partial charge in [-0.25, -0.2) is 9.97 Å². The van der Waals surface area contributed by atoms with Crippen LogP contribution in [0.2, 0.25) is 0 Å². The normalized spacial score (nSPS) is 13.8. The van der Waals surface area contributed by atoms with Gasteiger partial charge in [0.2, 0.25) is 5.95 Å². The van der Waals surface area contributed by atoms with E-state index in [1.54, 1.807) is 12.4 Å². The predicted molar refractivity (Wildman–Crippen MR) is 105 cm³/mol. The highest BCUT2D eigenvalue weighted by Crippen LogP contribution is 2.22. The Morgan fingerprint density at radius 1 is 1.12 bits per heavy atom. The lowest BCUT2D eigenvalue weighted by Crippen LogP contribution is -2.25. The summed E-state index contributed by atoms with van der Waals surface area (Å²) in [5.41, 5.74) is 5.21. The Balaban J connectivity index is 1.55. The average molecular weight is 350 g/mol. The first-order valence-corrected chi connectivity index (χ1v) is 9.25. The topological polar surface area (TPSA) is 66.9 Å². The zero-order chi connectivity index (χ0) is 18.4. The number of hydrogen-bond donors (Lipinski definition) is 2. The van der Waals surface area contributed by atoms with Crippen molar-refractivity contribution in [2.75, 3.05) is 11.9 Å². The molecule has 0 saturated carbocycles. The Kier molecular flexibility index (Phi) is 6.00. The summed E-state index contributed by atoms with van der Waals surface area (Å²) in [6, 6.07) is 6.10. The van der Waals surface area contributed by atoms with Crippen LogP contribution in [0, 0.1) is 13.8 Å². The lowest BCUT2D eigenvalue weighted by Gasteiger charge is -2.13. The summed E-state index contributed by atoms with van der Waals surface area (Å²) in [5, 5.41) is 6.18. The fraction of sp³-hybridized carbons (Fsp3) is 0.381. The van der Waals surface area contributed by atoms with Gasteiger partial charge in [0.15, 0.2) is 0 Å². The summed E-state index contributed by atoms with van der Waals surface area (Å²) in [7, 11) is 0. The monoisotopic (exact) mass is 350 g/mol. The largest absolute Gasteiger partial charge is 0.352 e. The molecule has 1 aliphatic carbocycles. The van der Waals surface area contributed by atoms with Crippen molar-refractivity contribution in [2.24, 2.45) is 0 Å². The molecule has 0 unspecified atom stereocenters. The van der Waals surface area contributed by atoms with E-state index in [-0.39, 0.29) is 5.91 Å². The van der Waals surface area contributed by atoms with Crippen molar-refractivity contribution in [3.8, 4) is 0 Å². The summed E-state index contributed by atoms with van der Waals surface area (Å²) < 4.78 is 0. The van der Waals surface area contributed by atoms with Crippen LogP contribution in [0.3, 0.4) is 0 Å². The lowest BCUT2D eigenvalue weighted by molar-refractivity contribution is 0.0953. The van der Waals surface area contributed by atoms with Gasteiger partial charge in [-0.05, 0) is 57.1 Å². The van der Waals surface area contributed by atoms with Crippen LogP contribution in [-0.4, -0.2) is 22.4 Å². The lowest BCUT2D eigenvalue weighted by atomic mass is 9.97. The van der Waals surface area contributed by atoms with E-state index in [1.165, 1.54) is 24.8 Å². The average Bonchev–Trinajstić information content (AvgIpc) is 2.66. The number of aromatic nitrogens is 2. The third-order valence-electron chi connectivity index (χ3n) is 4.75. The minimum atomic E-state index is -0.125. The molecule has 3 rings (SSSR count). The van der Waals surface area contributed by atoms with Crippen LogP contribution in [0.5, 0.6) is 0 Å².